The van der Waals surface area contributed by atoms with Crippen LogP contribution in [0.5, 0.6) is 5.75 Å². The number of carbonyl (C=O) groups is 4. The van der Waals surface area contributed by atoms with E-state index >= 15 is 0 Å². The van der Waals surface area contributed by atoms with Gasteiger partial charge < -0.3 is 49.7 Å². The molecule has 1 aliphatic heterocycles. The lowest BCUT2D eigenvalue weighted by Crippen LogP contribution is -2.62. The lowest BCUT2D eigenvalue weighted by Gasteiger charge is -2.42. The second-order valence-corrected chi connectivity index (χ2v) is 17.0. The van der Waals surface area contributed by atoms with Crippen LogP contribution >= 0.6 is 0 Å². The molecule has 4 amide bonds. The van der Waals surface area contributed by atoms with Crippen LogP contribution < -0.4 is 21.1 Å². The average molecular weight is 874 g/mol. The number of benzene rings is 3. The van der Waals surface area contributed by atoms with E-state index in [9.17, 15) is 19.2 Å². The van der Waals surface area contributed by atoms with E-state index in [0.717, 1.165) is 41.5 Å². The van der Waals surface area contributed by atoms with Crippen molar-refractivity contribution in [3.63, 3.8) is 0 Å². The molecule has 5 rings (SSSR count). The summed E-state index contributed by atoms with van der Waals surface area (Å²) in [5.74, 6) is -0.589. The quantitative estimate of drug-likeness (QED) is 0.112. The Kier molecular flexibility index (Phi) is 19.2. The Morgan fingerprint density at radius 2 is 1.44 bits per heavy atom. The van der Waals surface area contributed by atoms with Crippen molar-refractivity contribution >= 4 is 23.8 Å². The van der Waals surface area contributed by atoms with Crippen LogP contribution in [0.1, 0.15) is 74.4 Å². The Labute approximate surface area is 372 Å². The number of hydrogen-bond donors (Lipinski definition) is 3. The molecule has 0 fully saturated rings. The van der Waals surface area contributed by atoms with Crippen molar-refractivity contribution in [1.82, 2.24) is 20.4 Å². The van der Waals surface area contributed by atoms with Gasteiger partial charge in [0.1, 0.15) is 37.1 Å². The first-order valence-electron chi connectivity index (χ1n) is 22.1. The third-order valence-electron chi connectivity index (χ3n) is 11.3. The molecule has 0 aromatic heterocycles. The van der Waals surface area contributed by atoms with Gasteiger partial charge in [0.2, 0.25) is 17.7 Å². The van der Waals surface area contributed by atoms with Crippen LogP contribution in [0.4, 0.5) is 4.79 Å². The third-order valence-corrected chi connectivity index (χ3v) is 11.3. The minimum Gasteiger partial charge on any atom is -0.491 e. The minimum absolute atomic E-state index is 0.0503. The number of nitrogens with two attached hydrogens (primary N) is 1. The first kappa shape index (κ1) is 49.0. The van der Waals surface area contributed by atoms with Gasteiger partial charge in [-0.2, -0.15) is 0 Å². The van der Waals surface area contributed by atoms with E-state index in [-0.39, 0.29) is 31.5 Å². The molecule has 0 spiro atoms. The molecule has 1 heterocycles. The zero-order chi connectivity index (χ0) is 45.2. The van der Waals surface area contributed by atoms with Crippen LogP contribution in [0.15, 0.2) is 72.8 Å². The molecule has 2 unspecified atom stereocenters. The molecule has 344 valence electrons. The zero-order valence-corrected chi connectivity index (χ0v) is 37.6. The fourth-order valence-corrected chi connectivity index (χ4v) is 7.58. The maximum absolute atomic E-state index is 14.9. The van der Waals surface area contributed by atoms with Crippen molar-refractivity contribution in [1.29, 1.82) is 0 Å². The number of hydrogen-bond acceptors (Lipinski definition) is 11. The highest BCUT2D eigenvalue weighted by Gasteiger charge is 2.43. The largest absolute Gasteiger partial charge is 0.491 e. The number of nitrogens with one attached hydrogen (secondary N) is 2. The van der Waals surface area contributed by atoms with E-state index in [1.165, 1.54) is 17.5 Å². The smallest absolute Gasteiger partial charge is 0.410 e. The second-order valence-electron chi connectivity index (χ2n) is 17.0. The number of carbonyl (C=O) groups excluding carboxylic acids is 4. The molecule has 0 radical (unpaired) electrons. The first-order chi connectivity index (χ1) is 30.4. The molecular weight excluding hydrogens is 807 g/mol. The van der Waals surface area contributed by atoms with Crippen molar-refractivity contribution < 1.29 is 47.6 Å². The fourth-order valence-electron chi connectivity index (χ4n) is 7.58. The zero-order valence-electron chi connectivity index (χ0n) is 37.6. The van der Waals surface area contributed by atoms with Crippen LogP contribution in [0.3, 0.4) is 0 Å². The van der Waals surface area contributed by atoms with Crippen molar-refractivity contribution in [2.24, 2.45) is 11.1 Å². The molecule has 3 aromatic carbocycles. The maximum atomic E-state index is 14.9. The summed E-state index contributed by atoms with van der Waals surface area (Å²) in [5.41, 5.74) is 9.51. The van der Waals surface area contributed by atoms with Crippen molar-refractivity contribution in [2.45, 2.75) is 90.7 Å². The van der Waals surface area contributed by atoms with Crippen LogP contribution in [-0.2, 0) is 64.1 Å². The molecule has 1 aliphatic carbocycles. The number of amides is 4. The van der Waals surface area contributed by atoms with Crippen LogP contribution in [0, 0.1) is 5.41 Å². The van der Waals surface area contributed by atoms with E-state index in [1.807, 2.05) is 81.4 Å². The first-order valence-corrected chi connectivity index (χ1v) is 22.1. The highest BCUT2D eigenvalue weighted by Crippen LogP contribution is 2.33. The highest BCUT2D eigenvalue weighted by atomic mass is 16.6. The van der Waals surface area contributed by atoms with Gasteiger partial charge in [-0.05, 0) is 71.6 Å². The van der Waals surface area contributed by atoms with E-state index in [4.69, 9.17) is 34.2 Å². The molecule has 2 aliphatic rings. The van der Waals surface area contributed by atoms with Gasteiger partial charge >= 0.3 is 6.09 Å². The maximum Gasteiger partial charge on any atom is 0.410 e. The Morgan fingerprint density at radius 1 is 0.810 bits per heavy atom. The molecule has 63 heavy (non-hydrogen) atoms. The predicted molar refractivity (Wildman–Crippen MR) is 238 cm³/mol. The number of aryl methyl sites for hydroxylation is 1. The summed E-state index contributed by atoms with van der Waals surface area (Å²) in [6.07, 6.45) is 2.27. The summed E-state index contributed by atoms with van der Waals surface area (Å²) in [5, 5.41) is 6.24. The lowest BCUT2D eigenvalue weighted by atomic mass is 9.83. The van der Waals surface area contributed by atoms with E-state index in [0.29, 0.717) is 71.8 Å². The lowest BCUT2D eigenvalue weighted by molar-refractivity contribution is -0.147. The number of likely N-dealkylation sites (N-methyl/N-ethyl adjacent to an activating group) is 1. The van der Waals surface area contributed by atoms with Crippen molar-refractivity contribution in [3.05, 3.63) is 101 Å². The topological polar surface area (TPSA) is 180 Å². The summed E-state index contributed by atoms with van der Waals surface area (Å²) >= 11 is 0. The summed E-state index contributed by atoms with van der Waals surface area (Å²) in [6.45, 7) is 11.7. The number of nitrogens with zero attached hydrogens (tertiary/aromatic N) is 2. The SMILES string of the molecule is CC(C(=O)NC(C(=O)N1Cc2cc(OCCOCCOCCOCCOCCN)ccc2C[C@H]1C(=O)N[C@@H]1CCCc2ccccc21)C(C)(C)C)N(C)C(=O)OCc1ccccc1. The number of rotatable bonds is 23. The molecule has 3 aromatic rings. The molecule has 0 saturated carbocycles. The summed E-state index contributed by atoms with van der Waals surface area (Å²) in [6, 6.07) is 20.1. The van der Waals surface area contributed by atoms with E-state index < -0.39 is 41.4 Å². The molecule has 0 saturated heterocycles. The molecule has 4 N–H and O–H groups in total. The second kappa shape index (κ2) is 24.7. The van der Waals surface area contributed by atoms with Gasteiger partial charge in [-0.3, -0.25) is 19.3 Å². The Bertz CT molecular complexity index is 1920. The van der Waals surface area contributed by atoms with Gasteiger partial charge in [0.15, 0.2) is 0 Å². The summed E-state index contributed by atoms with van der Waals surface area (Å²) in [4.78, 5) is 59.0. The van der Waals surface area contributed by atoms with Crippen LogP contribution in [0.25, 0.3) is 0 Å². The van der Waals surface area contributed by atoms with Gasteiger partial charge in [-0.15, -0.1) is 0 Å². The Balaban J connectivity index is 1.23. The highest BCUT2D eigenvalue weighted by molar-refractivity contribution is 5.94. The molecule has 4 atom stereocenters. The number of ether oxygens (including phenoxy) is 6. The van der Waals surface area contributed by atoms with Gasteiger partial charge in [-0.1, -0.05) is 81.4 Å². The van der Waals surface area contributed by atoms with Gasteiger partial charge in [0, 0.05) is 26.6 Å². The van der Waals surface area contributed by atoms with E-state index in [2.05, 4.69) is 22.8 Å². The van der Waals surface area contributed by atoms with Crippen LogP contribution in [-0.4, -0.2) is 125 Å². The molecule has 0 bridgehead atoms. The average Bonchev–Trinajstić information content (AvgIpc) is 3.28. The van der Waals surface area contributed by atoms with E-state index in [1.54, 1.807) is 11.8 Å². The summed E-state index contributed by atoms with van der Waals surface area (Å²) < 4.78 is 33.5. The minimum atomic E-state index is -1.04. The van der Waals surface area contributed by atoms with Gasteiger partial charge in [0.25, 0.3) is 0 Å². The Hall–Kier alpha value is -5.06. The fraction of sp³-hybridized carbons (Fsp3) is 0.542. The standard InChI is InChI=1S/C48H67N5O10/c1-34(52(5)47(57)63-33-35-12-7-6-8-13-35)44(54)51-43(48(2,3)4)46(56)53-32-38-30-39(62-29-28-61-27-26-60-25-24-59-23-22-58-21-20-49)19-18-37(38)31-42(53)45(55)50-41-17-11-15-36-14-9-10-16-40(36)41/h6-10,12-14,16,18-19,30,34,41-43H,11,15,17,20-29,31-33,49H2,1-5H3,(H,50,55)(H,51,54)/t34?,41-,42+,43?/m1/s1. The third kappa shape index (κ3) is 14.8. The predicted octanol–water partition coefficient (Wildman–Crippen LogP) is 4.73. The van der Waals surface area contributed by atoms with Crippen LogP contribution in [0.2, 0.25) is 0 Å². The summed E-state index contributed by atoms with van der Waals surface area (Å²) in [7, 11) is 1.49. The van der Waals surface area contributed by atoms with Gasteiger partial charge in [0.05, 0.1) is 58.9 Å². The number of fused-ring (bicyclic) bond motifs is 2. The normalized spacial score (nSPS) is 16.8. The monoisotopic (exact) mass is 873 g/mol. The van der Waals surface area contributed by atoms with Crippen molar-refractivity contribution in [2.75, 3.05) is 73.1 Å². The molecule has 15 heteroatoms. The van der Waals surface area contributed by atoms with Gasteiger partial charge in [-0.25, -0.2) is 4.79 Å². The Morgan fingerprint density at radius 3 is 2.11 bits per heavy atom. The molecular formula is C48H67N5O10. The molecule has 15 nitrogen and oxygen atoms in total. The van der Waals surface area contributed by atoms with Crippen molar-refractivity contribution in [3.8, 4) is 5.75 Å².